The van der Waals surface area contributed by atoms with Crippen molar-refractivity contribution >= 4 is 5.91 Å². The predicted molar refractivity (Wildman–Crippen MR) is 77.2 cm³/mol. The summed E-state index contributed by atoms with van der Waals surface area (Å²) in [7, 11) is 1.62. The summed E-state index contributed by atoms with van der Waals surface area (Å²) < 4.78 is 10.5. The summed E-state index contributed by atoms with van der Waals surface area (Å²) in [5, 5.41) is 6.32. The summed E-state index contributed by atoms with van der Waals surface area (Å²) in [6.07, 6.45) is 2.30. The second-order valence-electron chi connectivity index (χ2n) is 4.84. The summed E-state index contributed by atoms with van der Waals surface area (Å²) in [6, 6.07) is 7.67. The molecule has 1 aliphatic heterocycles. The van der Waals surface area contributed by atoms with Gasteiger partial charge in [0.25, 0.3) is 5.91 Å². The highest BCUT2D eigenvalue weighted by Crippen LogP contribution is 2.17. The summed E-state index contributed by atoms with van der Waals surface area (Å²) in [6.45, 7) is 2.63. The van der Waals surface area contributed by atoms with E-state index < -0.39 is 0 Å². The van der Waals surface area contributed by atoms with Gasteiger partial charge in [0.2, 0.25) is 0 Å². The molecule has 5 heteroatoms. The number of para-hydroxylation sites is 1. The Morgan fingerprint density at radius 2 is 2.25 bits per heavy atom. The third kappa shape index (κ3) is 4.21. The average Bonchev–Trinajstić information content (AvgIpc) is 2.99. The molecule has 0 aliphatic carbocycles. The van der Waals surface area contributed by atoms with Gasteiger partial charge in [0.15, 0.2) is 0 Å². The van der Waals surface area contributed by atoms with Crippen molar-refractivity contribution in [1.82, 2.24) is 10.6 Å². The molecule has 1 aliphatic rings. The van der Waals surface area contributed by atoms with Crippen molar-refractivity contribution in [3.8, 4) is 5.75 Å². The molecule has 1 saturated heterocycles. The fourth-order valence-corrected chi connectivity index (χ4v) is 2.26. The normalized spacial score (nSPS) is 17.9. The molecular formula is C15H22N2O3. The van der Waals surface area contributed by atoms with E-state index in [4.69, 9.17) is 9.47 Å². The van der Waals surface area contributed by atoms with E-state index >= 15 is 0 Å². The van der Waals surface area contributed by atoms with Crippen LogP contribution in [-0.2, 0) is 4.74 Å². The van der Waals surface area contributed by atoms with Crippen molar-refractivity contribution in [3.05, 3.63) is 29.8 Å². The fraction of sp³-hybridized carbons (Fsp3) is 0.533. The monoisotopic (exact) mass is 278 g/mol. The predicted octanol–water partition coefficient (Wildman–Crippen LogP) is 1.19. The Kier molecular flexibility index (Phi) is 5.83. The van der Waals surface area contributed by atoms with Gasteiger partial charge >= 0.3 is 0 Å². The first-order valence-corrected chi connectivity index (χ1v) is 7.03. The lowest BCUT2D eigenvalue weighted by Crippen LogP contribution is -2.37. The van der Waals surface area contributed by atoms with Crippen LogP contribution in [0.2, 0.25) is 0 Å². The molecule has 110 valence electrons. The van der Waals surface area contributed by atoms with Crippen molar-refractivity contribution in [3.63, 3.8) is 0 Å². The Morgan fingerprint density at radius 1 is 1.40 bits per heavy atom. The van der Waals surface area contributed by atoms with Crippen molar-refractivity contribution in [2.45, 2.75) is 18.9 Å². The number of methoxy groups -OCH3 is 1. The molecule has 1 aromatic carbocycles. The molecule has 1 amide bonds. The van der Waals surface area contributed by atoms with Crippen molar-refractivity contribution < 1.29 is 14.3 Å². The van der Waals surface area contributed by atoms with Gasteiger partial charge in [-0.2, -0.15) is 0 Å². The molecule has 1 fully saturated rings. The highest BCUT2D eigenvalue weighted by molar-refractivity contribution is 5.96. The summed E-state index contributed by atoms with van der Waals surface area (Å²) >= 11 is 0. The average molecular weight is 278 g/mol. The van der Waals surface area contributed by atoms with Crippen LogP contribution >= 0.6 is 0 Å². The molecule has 1 aromatic rings. The molecule has 1 heterocycles. The quantitative estimate of drug-likeness (QED) is 0.736. The molecule has 20 heavy (non-hydrogen) atoms. The molecule has 1 atom stereocenters. The second-order valence-corrected chi connectivity index (χ2v) is 4.84. The van der Waals surface area contributed by atoms with Gasteiger partial charge in [-0.25, -0.2) is 0 Å². The number of amides is 1. The Morgan fingerprint density at radius 3 is 3.00 bits per heavy atom. The van der Waals surface area contributed by atoms with Crippen molar-refractivity contribution in [2.24, 2.45) is 0 Å². The van der Waals surface area contributed by atoms with E-state index in [-0.39, 0.29) is 5.91 Å². The van der Waals surface area contributed by atoms with Crippen LogP contribution in [0, 0.1) is 0 Å². The SMILES string of the molecule is COCCOc1ccccc1C(=O)NCC1CCCN1. The standard InChI is InChI=1S/C15H22N2O3/c1-19-9-10-20-14-7-3-2-6-13(14)15(18)17-11-12-5-4-8-16-12/h2-3,6-7,12,16H,4-5,8-11H2,1H3,(H,17,18). The van der Waals surface area contributed by atoms with Crippen molar-refractivity contribution in [1.29, 1.82) is 0 Å². The topological polar surface area (TPSA) is 59.6 Å². The second kappa shape index (κ2) is 7.87. The van der Waals surface area contributed by atoms with Crippen LogP contribution in [0.5, 0.6) is 5.75 Å². The van der Waals surface area contributed by atoms with Gasteiger partial charge in [0, 0.05) is 19.7 Å². The first kappa shape index (κ1) is 14.8. The maximum atomic E-state index is 12.2. The molecule has 0 spiro atoms. The van der Waals surface area contributed by atoms with Crippen LogP contribution in [-0.4, -0.2) is 45.4 Å². The van der Waals surface area contributed by atoms with Crippen LogP contribution in [0.25, 0.3) is 0 Å². The smallest absolute Gasteiger partial charge is 0.255 e. The number of benzene rings is 1. The number of hydrogen-bond acceptors (Lipinski definition) is 4. The number of hydrogen-bond donors (Lipinski definition) is 2. The third-order valence-corrected chi connectivity index (χ3v) is 3.35. The van der Waals surface area contributed by atoms with Gasteiger partial charge in [-0.1, -0.05) is 12.1 Å². The summed E-state index contributed by atoms with van der Waals surface area (Å²) in [4.78, 5) is 12.2. The van der Waals surface area contributed by atoms with Gasteiger partial charge in [-0.15, -0.1) is 0 Å². The minimum absolute atomic E-state index is 0.0910. The molecule has 0 bridgehead atoms. The van der Waals surface area contributed by atoms with Gasteiger partial charge in [-0.3, -0.25) is 4.79 Å². The third-order valence-electron chi connectivity index (χ3n) is 3.35. The highest BCUT2D eigenvalue weighted by atomic mass is 16.5. The van der Waals surface area contributed by atoms with Crippen LogP contribution in [0.3, 0.4) is 0 Å². The van der Waals surface area contributed by atoms with Gasteiger partial charge < -0.3 is 20.1 Å². The Hall–Kier alpha value is -1.59. The molecule has 0 saturated carbocycles. The Bertz CT molecular complexity index is 431. The number of ether oxygens (including phenoxy) is 2. The van der Waals surface area contributed by atoms with Crippen LogP contribution in [0.1, 0.15) is 23.2 Å². The maximum absolute atomic E-state index is 12.2. The summed E-state index contributed by atoms with van der Waals surface area (Å²) in [5.41, 5.74) is 0.571. The molecule has 2 rings (SSSR count). The number of rotatable bonds is 7. The van der Waals surface area contributed by atoms with Gasteiger partial charge in [0.1, 0.15) is 12.4 Å². The van der Waals surface area contributed by atoms with E-state index in [0.717, 1.165) is 13.0 Å². The minimum Gasteiger partial charge on any atom is -0.490 e. The zero-order chi connectivity index (χ0) is 14.2. The van der Waals surface area contributed by atoms with Crippen LogP contribution in [0.15, 0.2) is 24.3 Å². The Labute approximate surface area is 119 Å². The lowest BCUT2D eigenvalue weighted by Gasteiger charge is -2.14. The largest absolute Gasteiger partial charge is 0.490 e. The molecular weight excluding hydrogens is 256 g/mol. The van der Waals surface area contributed by atoms with E-state index in [1.807, 2.05) is 12.1 Å². The van der Waals surface area contributed by atoms with Gasteiger partial charge in [-0.05, 0) is 31.5 Å². The van der Waals surface area contributed by atoms with Crippen LogP contribution in [0.4, 0.5) is 0 Å². The highest BCUT2D eigenvalue weighted by Gasteiger charge is 2.17. The Balaban J connectivity index is 1.90. The zero-order valence-electron chi connectivity index (χ0n) is 11.9. The minimum atomic E-state index is -0.0910. The maximum Gasteiger partial charge on any atom is 0.255 e. The first-order chi connectivity index (χ1) is 9.81. The molecule has 0 aromatic heterocycles. The van der Waals surface area contributed by atoms with E-state index in [2.05, 4.69) is 10.6 Å². The first-order valence-electron chi connectivity index (χ1n) is 7.03. The molecule has 5 nitrogen and oxygen atoms in total. The van der Waals surface area contributed by atoms with Gasteiger partial charge in [0.05, 0.1) is 12.2 Å². The van der Waals surface area contributed by atoms with E-state index in [1.165, 1.54) is 6.42 Å². The van der Waals surface area contributed by atoms with E-state index in [0.29, 0.717) is 37.1 Å². The number of carbonyl (C=O) groups excluding carboxylic acids is 1. The molecule has 1 unspecified atom stereocenters. The number of carbonyl (C=O) groups is 1. The molecule has 2 N–H and O–H groups in total. The summed E-state index contributed by atoms with van der Waals surface area (Å²) in [5.74, 6) is 0.508. The van der Waals surface area contributed by atoms with Crippen molar-refractivity contribution in [2.75, 3.05) is 33.4 Å². The van der Waals surface area contributed by atoms with Crippen LogP contribution < -0.4 is 15.4 Å². The molecule has 0 radical (unpaired) electrons. The lowest BCUT2D eigenvalue weighted by atomic mass is 10.1. The van der Waals surface area contributed by atoms with E-state index in [1.54, 1.807) is 19.2 Å². The zero-order valence-corrected chi connectivity index (χ0v) is 11.9. The number of nitrogens with one attached hydrogen (secondary N) is 2. The van der Waals surface area contributed by atoms with E-state index in [9.17, 15) is 4.79 Å². The fourth-order valence-electron chi connectivity index (χ4n) is 2.26. The lowest BCUT2D eigenvalue weighted by molar-refractivity contribution is 0.0942.